The third-order valence-corrected chi connectivity index (χ3v) is 7.77. The van der Waals surface area contributed by atoms with Gasteiger partial charge in [0.1, 0.15) is 36.3 Å². The molecule has 0 aliphatic carbocycles. The fourth-order valence-electron chi connectivity index (χ4n) is 5.30. The van der Waals surface area contributed by atoms with Crippen LogP contribution in [-0.4, -0.2) is 129 Å². The second kappa shape index (κ2) is 17.5. The molecule has 17 nitrogen and oxygen atoms in total. The quantitative estimate of drug-likeness (QED) is 0.0742. The first kappa shape index (κ1) is 36.4. The summed E-state index contributed by atoms with van der Waals surface area (Å²) >= 11 is 0. The summed E-state index contributed by atoms with van der Waals surface area (Å²) in [6.45, 7) is 1.59. The molecule has 10 N–H and O–H groups in total. The van der Waals surface area contributed by atoms with Gasteiger partial charge in [0.05, 0.1) is 6.61 Å². The summed E-state index contributed by atoms with van der Waals surface area (Å²) in [6.07, 6.45) is 1.98. The van der Waals surface area contributed by atoms with Crippen molar-refractivity contribution in [2.24, 2.45) is 11.5 Å². The number of carbonyl (C=O) groups is 7. The average molecular weight is 628 g/mol. The molecular formula is C27H45N7O10. The zero-order chi connectivity index (χ0) is 33.0. The number of rotatable bonds is 17. The first-order chi connectivity index (χ1) is 20.8. The predicted molar refractivity (Wildman–Crippen MR) is 153 cm³/mol. The van der Waals surface area contributed by atoms with Gasteiger partial charge in [-0.05, 0) is 64.8 Å². The average Bonchev–Trinajstić information content (AvgIpc) is 3.68. The van der Waals surface area contributed by atoms with Crippen molar-refractivity contribution in [3.05, 3.63) is 0 Å². The van der Waals surface area contributed by atoms with Crippen molar-refractivity contribution in [1.29, 1.82) is 0 Å². The van der Waals surface area contributed by atoms with Crippen LogP contribution in [0, 0.1) is 0 Å². The van der Waals surface area contributed by atoms with Crippen molar-refractivity contribution in [1.82, 2.24) is 25.8 Å². The Morgan fingerprint density at radius 1 is 0.841 bits per heavy atom. The lowest BCUT2D eigenvalue weighted by molar-refractivity contribution is -0.147. The van der Waals surface area contributed by atoms with Crippen molar-refractivity contribution in [3.63, 3.8) is 0 Å². The number of nitrogens with two attached hydrogens (primary N) is 2. The van der Waals surface area contributed by atoms with E-state index in [0.29, 0.717) is 38.6 Å². The molecule has 248 valence electrons. The molecule has 0 aromatic heterocycles. The van der Waals surface area contributed by atoms with Crippen LogP contribution in [0.1, 0.15) is 64.7 Å². The summed E-state index contributed by atoms with van der Waals surface area (Å²) in [6, 6.07) is -6.82. The fourth-order valence-corrected chi connectivity index (χ4v) is 5.30. The van der Waals surface area contributed by atoms with Crippen molar-refractivity contribution in [2.75, 3.05) is 26.2 Å². The van der Waals surface area contributed by atoms with Crippen molar-refractivity contribution in [3.8, 4) is 0 Å². The molecule has 0 aromatic carbocycles. The van der Waals surface area contributed by atoms with E-state index in [-0.39, 0.29) is 32.4 Å². The number of nitrogens with one attached hydrogen (secondary N) is 3. The number of carboxylic acid groups (broad SMARTS) is 2. The Hall–Kier alpha value is -3.83. The number of carboxylic acids is 2. The molecule has 5 amide bonds. The van der Waals surface area contributed by atoms with Gasteiger partial charge in [-0.2, -0.15) is 0 Å². The minimum atomic E-state index is -1.38. The molecule has 2 aliphatic heterocycles. The second-order valence-corrected chi connectivity index (χ2v) is 11.1. The van der Waals surface area contributed by atoms with Crippen molar-refractivity contribution in [2.45, 2.75) is 101 Å². The van der Waals surface area contributed by atoms with Crippen LogP contribution in [0.3, 0.4) is 0 Å². The molecule has 44 heavy (non-hydrogen) atoms. The van der Waals surface area contributed by atoms with E-state index in [1.807, 2.05) is 0 Å². The highest BCUT2D eigenvalue weighted by Gasteiger charge is 2.43. The maximum atomic E-state index is 13.5. The van der Waals surface area contributed by atoms with Gasteiger partial charge in [-0.3, -0.25) is 28.8 Å². The molecule has 2 fully saturated rings. The van der Waals surface area contributed by atoms with Crippen LogP contribution in [0.2, 0.25) is 0 Å². The highest BCUT2D eigenvalue weighted by atomic mass is 16.4. The summed E-state index contributed by atoms with van der Waals surface area (Å²) < 4.78 is 0. The first-order valence-corrected chi connectivity index (χ1v) is 14.9. The molecule has 6 atom stereocenters. The minimum Gasteiger partial charge on any atom is -0.481 e. The smallest absolute Gasteiger partial charge is 0.326 e. The van der Waals surface area contributed by atoms with Gasteiger partial charge in [0.25, 0.3) is 0 Å². The standard InChI is InChI=1S/C27H45N7O10/c1-15(22(38)32-18(27(43)44)6-2-3-11-28)30-23(39)17(9-10-21(36)37)31-24(40)19-7-4-12-33(19)26(42)20-8-5-13-34(20)25(41)16(29)14-35/h15-20,35H,2-14,28-29H2,1H3,(H,30,39)(H,31,40)(H,32,38)(H,36,37)(H,43,44)/t15-,16-,17-,18-,19-,20-/m0/s1. The number of hydrogen-bond acceptors (Lipinski definition) is 10. The largest absolute Gasteiger partial charge is 0.481 e. The van der Waals surface area contributed by atoms with Gasteiger partial charge < -0.3 is 52.5 Å². The Kier molecular flexibility index (Phi) is 14.4. The number of nitrogens with zero attached hydrogens (tertiary/aromatic N) is 2. The summed E-state index contributed by atoms with van der Waals surface area (Å²) in [5.74, 6) is -5.86. The van der Waals surface area contributed by atoms with Crippen LogP contribution in [0.4, 0.5) is 0 Å². The number of carbonyl (C=O) groups excluding carboxylic acids is 5. The van der Waals surface area contributed by atoms with E-state index in [1.54, 1.807) is 0 Å². The molecule has 0 unspecified atom stereocenters. The fraction of sp³-hybridized carbons (Fsp3) is 0.741. The van der Waals surface area contributed by atoms with Crippen LogP contribution in [0.15, 0.2) is 0 Å². The van der Waals surface area contributed by atoms with Gasteiger partial charge in [-0.1, -0.05) is 0 Å². The molecule has 2 rings (SSSR count). The summed E-state index contributed by atoms with van der Waals surface area (Å²) in [7, 11) is 0. The van der Waals surface area contributed by atoms with E-state index in [0.717, 1.165) is 0 Å². The van der Waals surface area contributed by atoms with Crippen molar-refractivity contribution >= 4 is 41.5 Å². The van der Waals surface area contributed by atoms with E-state index in [1.165, 1.54) is 16.7 Å². The Balaban J connectivity index is 2.09. The highest BCUT2D eigenvalue weighted by molar-refractivity contribution is 5.96. The number of amides is 5. The van der Waals surface area contributed by atoms with Crippen LogP contribution in [-0.2, 0) is 33.6 Å². The molecule has 0 spiro atoms. The number of likely N-dealkylation sites (tertiary alicyclic amines) is 2. The Bertz CT molecular complexity index is 1070. The van der Waals surface area contributed by atoms with Crippen LogP contribution in [0.25, 0.3) is 0 Å². The van der Waals surface area contributed by atoms with Gasteiger partial charge in [0.15, 0.2) is 0 Å². The van der Waals surface area contributed by atoms with Gasteiger partial charge >= 0.3 is 11.9 Å². The third-order valence-electron chi connectivity index (χ3n) is 7.77. The molecule has 2 heterocycles. The zero-order valence-corrected chi connectivity index (χ0v) is 24.9. The first-order valence-electron chi connectivity index (χ1n) is 14.9. The molecular weight excluding hydrogens is 582 g/mol. The molecule has 0 bridgehead atoms. The van der Waals surface area contributed by atoms with Gasteiger partial charge in [-0.25, -0.2) is 4.79 Å². The molecule has 0 aromatic rings. The zero-order valence-electron chi connectivity index (χ0n) is 24.9. The molecule has 17 heteroatoms. The Morgan fingerprint density at radius 2 is 1.48 bits per heavy atom. The summed E-state index contributed by atoms with van der Waals surface area (Å²) in [4.78, 5) is 90.6. The second-order valence-electron chi connectivity index (χ2n) is 11.1. The summed E-state index contributed by atoms with van der Waals surface area (Å²) in [5.41, 5.74) is 11.1. The SMILES string of the molecule is C[C@H](NC(=O)[C@H](CCC(=O)O)NC(=O)[C@@H]1CCCN1C(=O)[C@@H]1CCCN1C(=O)[C@@H](N)CO)C(=O)N[C@@H](CCCCN)C(=O)O. The van der Waals surface area contributed by atoms with Gasteiger partial charge in [-0.15, -0.1) is 0 Å². The number of aliphatic hydroxyl groups excluding tert-OH is 1. The Morgan fingerprint density at radius 3 is 2.07 bits per heavy atom. The molecule has 2 saturated heterocycles. The lowest BCUT2D eigenvalue weighted by Crippen LogP contribution is -2.58. The lowest BCUT2D eigenvalue weighted by Gasteiger charge is -2.32. The number of hydrogen-bond donors (Lipinski definition) is 8. The van der Waals surface area contributed by atoms with E-state index in [2.05, 4.69) is 16.0 Å². The van der Waals surface area contributed by atoms with E-state index in [4.69, 9.17) is 11.5 Å². The Labute approximate surface area is 255 Å². The summed E-state index contributed by atoms with van der Waals surface area (Å²) in [5, 5.41) is 35.1. The number of aliphatic hydroxyl groups is 1. The highest BCUT2D eigenvalue weighted by Crippen LogP contribution is 2.25. The third kappa shape index (κ3) is 10.1. The maximum Gasteiger partial charge on any atom is 0.326 e. The van der Waals surface area contributed by atoms with Crippen LogP contribution >= 0.6 is 0 Å². The topological polar surface area (TPSA) is 275 Å². The normalized spacial score (nSPS) is 20.7. The lowest BCUT2D eigenvalue weighted by atomic mass is 10.1. The van der Waals surface area contributed by atoms with Gasteiger partial charge in [0.2, 0.25) is 29.5 Å². The van der Waals surface area contributed by atoms with Gasteiger partial charge in [0, 0.05) is 19.5 Å². The monoisotopic (exact) mass is 627 g/mol. The number of aliphatic carboxylic acids is 2. The maximum absolute atomic E-state index is 13.5. The van der Waals surface area contributed by atoms with Crippen LogP contribution < -0.4 is 27.4 Å². The van der Waals surface area contributed by atoms with E-state index >= 15 is 0 Å². The molecule has 0 saturated carbocycles. The van der Waals surface area contributed by atoms with E-state index in [9.17, 15) is 48.9 Å². The minimum absolute atomic E-state index is 0.133. The molecule has 2 aliphatic rings. The van der Waals surface area contributed by atoms with Crippen LogP contribution in [0.5, 0.6) is 0 Å². The number of unbranched alkanes of at least 4 members (excludes halogenated alkanes) is 1. The molecule has 0 radical (unpaired) electrons. The van der Waals surface area contributed by atoms with Crippen molar-refractivity contribution < 1.29 is 48.9 Å². The van der Waals surface area contributed by atoms with E-state index < -0.39 is 90.8 Å². The predicted octanol–water partition coefficient (Wildman–Crippen LogP) is -3.16.